The fraction of sp³-hybridized carbons (Fsp3) is 0.133. The van der Waals surface area contributed by atoms with Gasteiger partial charge < -0.3 is 4.90 Å². The van der Waals surface area contributed by atoms with E-state index in [9.17, 15) is 14.9 Å². The third-order valence-corrected chi connectivity index (χ3v) is 2.98. The highest BCUT2D eigenvalue weighted by Gasteiger charge is 2.15. The minimum atomic E-state index is -0.457. The SMILES string of the molecule is CN(C)c1ccc(C=NNC(=O)c2cccnc2)cc1[N+](=O)[O-]. The molecular formula is C15H15N5O3. The Morgan fingerprint density at radius 3 is 2.78 bits per heavy atom. The van der Waals surface area contributed by atoms with Gasteiger partial charge in [-0.25, -0.2) is 5.43 Å². The molecule has 0 atom stereocenters. The molecule has 0 unspecified atom stereocenters. The van der Waals surface area contributed by atoms with Crippen molar-refractivity contribution in [3.63, 3.8) is 0 Å². The molecule has 1 aromatic heterocycles. The summed E-state index contributed by atoms with van der Waals surface area (Å²) in [5.74, 6) is -0.409. The number of carbonyl (C=O) groups is 1. The first-order chi connectivity index (χ1) is 11.0. The number of hydrogen-bond donors (Lipinski definition) is 1. The minimum Gasteiger partial charge on any atom is -0.372 e. The summed E-state index contributed by atoms with van der Waals surface area (Å²) < 4.78 is 0. The molecule has 118 valence electrons. The molecule has 8 nitrogen and oxygen atoms in total. The Morgan fingerprint density at radius 2 is 2.17 bits per heavy atom. The van der Waals surface area contributed by atoms with E-state index in [1.807, 2.05) is 0 Å². The second-order valence-electron chi connectivity index (χ2n) is 4.84. The Labute approximate surface area is 132 Å². The number of amides is 1. The maximum atomic E-state index is 11.8. The van der Waals surface area contributed by atoms with Gasteiger partial charge in [-0.15, -0.1) is 0 Å². The topological polar surface area (TPSA) is 101 Å². The Balaban J connectivity index is 2.12. The van der Waals surface area contributed by atoms with E-state index in [-0.39, 0.29) is 5.69 Å². The molecule has 2 aromatic rings. The lowest BCUT2D eigenvalue weighted by molar-refractivity contribution is -0.384. The van der Waals surface area contributed by atoms with Gasteiger partial charge in [0.05, 0.1) is 16.7 Å². The van der Waals surface area contributed by atoms with E-state index in [0.717, 1.165) is 0 Å². The fourth-order valence-electron chi connectivity index (χ4n) is 1.87. The standard InChI is InChI=1S/C15H15N5O3/c1-19(2)13-6-5-11(8-14(13)20(22)23)9-17-18-15(21)12-4-3-7-16-10-12/h3-10H,1-2H3,(H,18,21). The molecule has 0 spiro atoms. The molecule has 0 fully saturated rings. The Morgan fingerprint density at radius 1 is 1.39 bits per heavy atom. The van der Waals surface area contributed by atoms with Crippen LogP contribution in [-0.4, -0.2) is 36.1 Å². The summed E-state index contributed by atoms with van der Waals surface area (Å²) in [6.45, 7) is 0. The zero-order valence-electron chi connectivity index (χ0n) is 12.6. The largest absolute Gasteiger partial charge is 0.372 e. The normalized spacial score (nSPS) is 10.5. The van der Waals surface area contributed by atoms with Crippen LogP contribution < -0.4 is 10.3 Å². The number of nitrogens with zero attached hydrogens (tertiary/aromatic N) is 4. The molecule has 1 heterocycles. The molecule has 23 heavy (non-hydrogen) atoms. The average Bonchev–Trinajstić information content (AvgIpc) is 2.55. The molecule has 0 bridgehead atoms. The molecular weight excluding hydrogens is 298 g/mol. The van der Waals surface area contributed by atoms with Gasteiger partial charge in [0.2, 0.25) is 0 Å². The summed E-state index contributed by atoms with van der Waals surface area (Å²) in [4.78, 5) is 27.9. The van der Waals surface area contributed by atoms with Crippen molar-refractivity contribution in [2.45, 2.75) is 0 Å². The molecule has 2 rings (SSSR count). The number of rotatable bonds is 5. The Bertz CT molecular complexity index is 744. The van der Waals surface area contributed by atoms with Gasteiger partial charge in [0.15, 0.2) is 0 Å². The third kappa shape index (κ3) is 4.10. The smallest absolute Gasteiger partial charge is 0.293 e. The van der Waals surface area contributed by atoms with Crippen LogP contribution in [0.5, 0.6) is 0 Å². The van der Waals surface area contributed by atoms with E-state index in [4.69, 9.17) is 0 Å². The van der Waals surface area contributed by atoms with Crippen LogP contribution in [0.2, 0.25) is 0 Å². The van der Waals surface area contributed by atoms with E-state index in [1.165, 1.54) is 18.5 Å². The van der Waals surface area contributed by atoms with Gasteiger partial charge in [-0.05, 0) is 18.2 Å². The number of hydrazone groups is 1. The van der Waals surface area contributed by atoms with Gasteiger partial charge in [-0.1, -0.05) is 6.07 Å². The highest BCUT2D eigenvalue weighted by atomic mass is 16.6. The lowest BCUT2D eigenvalue weighted by Gasteiger charge is -2.12. The van der Waals surface area contributed by atoms with Gasteiger partial charge in [0.25, 0.3) is 11.6 Å². The van der Waals surface area contributed by atoms with E-state index >= 15 is 0 Å². The van der Waals surface area contributed by atoms with Crippen molar-refractivity contribution >= 4 is 23.5 Å². The Kier molecular flexibility index (Phi) is 4.98. The molecule has 0 saturated heterocycles. The second-order valence-corrected chi connectivity index (χ2v) is 4.84. The van der Waals surface area contributed by atoms with Crippen LogP contribution in [-0.2, 0) is 0 Å². The van der Waals surface area contributed by atoms with E-state index in [1.54, 1.807) is 49.5 Å². The molecule has 0 saturated carbocycles. The second kappa shape index (κ2) is 7.12. The monoisotopic (exact) mass is 313 g/mol. The summed E-state index contributed by atoms with van der Waals surface area (Å²) in [6.07, 6.45) is 4.33. The summed E-state index contributed by atoms with van der Waals surface area (Å²) in [7, 11) is 3.45. The molecule has 8 heteroatoms. The van der Waals surface area contributed by atoms with Crippen molar-refractivity contribution in [2.24, 2.45) is 5.10 Å². The number of nitrogens with one attached hydrogen (secondary N) is 1. The predicted molar refractivity (Wildman–Crippen MR) is 86.7 cm³/mol. The summed E-state index contributed by atoms with van der Waals surface area (Å²) in [5.41, 5.74) is 3.69. The van der Waals surface area contributed by atoms with E-state index in [0.29, 0.717) is 16.8 Å². The van der Waals surface area contributed by atoms with E-state index < -0.39 is 10.8 Å². The number of nitro benzene ring substituents is 1. The van der Waals surface area contributed by atoms with Crippen molar-refractivity contribution in [1.29, 1.82) is 0 Å². The Hall–Kier alpha value is -3.29. The molecule has 0 aliphatic heterocycles. The number of pyridine rings is 1. The molecule has 0 aliphatic carbocycles. The molecule has 0 radical (unpaired) electrons. The third-order valence-electron chi connectivity index (χ3n) is 2.98. The number of aromatic nitrogens is 1. The van der Waals surface area contributed by atoms with Crippen molar-refractivity contribution in [1.82, 2.24) is 10.4 Å². The maximum Gasteiger partial charge on any atom is 0.293 e. The van der Waals surface area contributed by atoms with Crippen LogP contribution in [0, 0.1) is 10.1 Å². The van der Waals surface area contributed by atoms with Crippen molar-refractivity contribution in [3.05, 3.63) is 64.0 Å². The fourth-order valence-corrected chi connectivity index (χ4v) is 1.87. The van der Waals surface area contributed by atoms with Gasteiger partial charge in [-0.3, -0.25) is 19.9 Å². The van der Waals surface area contributed by atoms with Crippen molar-refractivity contribution in [2.75, 3.05) is 19.0 Å². The van der Waals surface area contributed by atoms with E-state index in [2.05, 4.69) is 15.5 Å². The maximum absolute atomic E-state index is 11.8. The van der Waals surface area contributed by atoms with Gasteiger partial charge in [0.1, 0.15) is 5.69 Å². The number of anilines is 1. The summed E-state index contributed by atoms with van der Waals surface area (Å²) in [5, 5.41) is 14.9. The summed E-state index contributed by atoms with van der Waals surface area (Å²) >= 11 is 0. The average molecular weight is 313 g/mol. The number of carbonyl (C=O) groups excluding carboxylic acids is 1. The molecule has 1 aromatic carbocycles. The molecule has 0 aliphatic rings. The van der Waals surface area contributed by atoms with Crippen LogP contribution in [0.1, 0.15) is 15.9 Å². The molecule has 1 amide bonds. The van der Waals surface area contributed by atoms with Crippen LogP contribution in [0.15, 0.2) is 47.8 Å². The summed E-state index contributed by atoms with van der Waals surface area (Å²) in [6, 6.07) is 7.95. The first-order valence-corrected chi connectivity index (χ1v) is 6.68. The van der Waals surface area contributed by atoms with Gasteiger partial charge >= 0.3 is 0 Å². The quantitative estimate of drug-likeness (QED) is 0.515. The van der Waals surface area contributed by atoms with Gasteiger partial charge in [0, 0.05) is 38.1 Å². The number of hydrogen-bond acceptors (Lipinski definition) is 6. The first kappa shape index (κ1) is 16.1. The minimum absolute atomic E-state index is 0.0301. The number of benzene rings is 1. The van der Waals surface area contributed by atoms with Crippen molar-refractivity contribution < 1.29 is 9.72 Å². The van der Waals surface area contributed by atoms with Crippen LogP contribution in [0.3, 0.4) is 0 Å². The lowest BCUT2D eigenvalue weighted by atomic mass is 10.2. The van der Waals surface area contributed by atoms with Crippen molar-refractivity contribution in [3.8, 4) is 0 Å². The molecule has 1 N–H and O–H groups in total. The van der Waals surface area contributed by atoms with Crippen LogP contribution in [0.4, 0.5) is 11.4 Å². The van der Waals surface area contributed by atoms with Gasteiger partial charge in [-0.2, -0.15) is 5.10 Å². The zero-order chi connectivity index (χ0) is 16.8. The van der Waals surface area contributed by atoms with Crippen LogP contribution >= 0.6 is 0 Å². The first-order valence-electron chi connectivity index (χ1n) is 6.68. The lowest BCUT2D eigenvalue weighted by Crippen LogP contribution is -2.17. The predicted octanol–water partition coefficient (Wildman–Crippen LogP) is 1.82. The zero-order valence-corrected chi connectivity index (χ0v) is 12.6. The highest BCUT2D eigenvalue weighted by molar-refractivity contribution is 5.94. The van der Waals surface area contributed by atoms with Crippen LogP contribution in [0.25, 0.3) is 0 Å². The highest BCUT2D eigenvalue weighted by Crippen LogP contribution is 2.27. The number of nitro groups is 1.